The van der Waals surface area contributed by atoms with Gasteiger partial charge in [0.15, 0.2) is 0 Å². The summed E-state index contributed by atoms with van der Waals surface area (Å²) < 4.78 is 5.58. The molecule has 0 aromatic heterocycles. The van der Waals surface area contributed by atoms with Gasteiger partial charge in [0.1, 0.15) is 5.75 Å². The topological polar surface area (TPSA) is 128 Å². The van der Waals surface area contributed by atoms with Crippen molar-refractivity contribution in [3.05, 3.63) is 29.8 Å². The molecule has 1 atom stereocenters. The Morgan fingerprint density at radius 2 is 1.86 bits per heavy atom. The summed E-state index contributed by atoms with van der Waals surface area (Å²) in [6.45, 7) is 1.72. The molecule has 3 amide bonds. The van der Waals surface area contributed by atoms with Crippen molar-refractivity contribution in [1.29, 1.82) is 0 Å². The second-order valence-electron chi connectivity index (χ2n) is 6.57. The van der Waals surface area contributed by atoms with E-state index >= 15 is 0 Å². The van der Waals surface area contributed by atoms with Crippen LogP contribution in [0.1, 0.15) is 42.5 Å². The molecule has 1 aliphatic heterocycles. The molecular weight excluding hydrogens is 384 g/mol. The minimum atomic E-state index is -0.494. The SMILES string of the molecule is Cl.NCCC(=O)NCC1CCCCN1C(=O)CCOc1ccc(C(N)=O)cc1. The maximum atomic E-state index is 12.6. The molecule has 1 aromatic carbocycles. The van der Waals surface area contributed by atoms with Crippen LogP contribution in [0.25, 0.3) is 0 Å². The van der Waals surface area contributed by atoms with Gasteiger partial charge in [-0.1, -0.05) is 0 Å². The third kappa shape index (κ3) is 7.36. The molecular formula is C19H29ClN4O4. The van der Waals surface area contributed by atoms with E-state index in [2.05, 4.69) is 5.32 Å². The maximum absolute atomic E-state index is 12.6. The van der Waals surface area contributed by atoms with Gasteiger partial charge in [-0.25, -0.2) is 0 Å². The predicted octanol–water partition coefficient (Wildman–Crippen LogP) is 0.822. The molecule has 1 aliphatic rings. The molecule has 156 valence electrons. The van der Waals surface area contributed by atoms with E-state index in [1.807, 2.05) is 4.90 Å². The molecule has 2 rings (SSSR count). The molecule has 1 heterocycles. The van der Waals surface area contributed by atoms with Crippen molar-refractivity contribution in [2.45, 2.75) is 38.1 Å². The van der Waals surface area contributed by atoms with E-state index in [1.165, 1.54) is 0 Å². The minimum Gasteiger partial charge on any atom is -0.493 e. The van der Waals surface area contributed by atoms with Crippen molar-refractivity contribution in [3.63, 3.8) is 0 Å². The zero-order valence-electron chi connectivity index (χ0n) is 15.9. The number of piperidine rings is 1. The zero-order valence-corrected chi connectivity index (χ0v) is 16.7. The highest BCUT2D eigenvalue weighted by Gasteiger charge is 2.26. The fourth-order valence-corrected chi connectivity index (χ4v) is 3.11. The largest absolute Gasteiger partial charge is 0.493 e. The van der Waals surface area contributed by atoms with E-state index < -0.39 is 5.91 Å². The molecule has 1 saturated heterocycles. The highest BCUT2D eigenvalue weighted by atomic mass is 35.5. The fraction of sp³-hybridized carbons (Fsp3) is 0.526. The number of benzene rings is 1. The monoisotopic (exact) mass is 412 g/mol. The van der Waals surface area contributed by atoms with E-state index in [0.717, 1.165) is 19.3 Å². The third-order valence-electron chi connectivity index (χ3n) is 4.58. The Labute approximate surface area is 171 Å². The van der Waals surface area contributed by atoms with Crippen molar-refractivity contribution in [3.8, 4) is 5.75 Å². The van der Waals surface area contributed by atoms with E-state index in [9.17, 15) is 14.4 Å². The lowest BCUT2D eigenvalue weighted by Gasteiger charge is -2.36. The number of carbonyl (C=O) groups is 3. The molecule has 0 spiro atoms. The summed E-state index contributed by atoms with van der Waals surface area (Å²) in [4.78, 5) is 37.1. The van der Waals surface area contributed by atoms with E-state index in [0.29, 0.717) is 37.4 Å². The molecule has 1 fully saturated rings. The number of rotatable bonds is 9. The van der Waals surface area contributed by atoms with Crippen LogP contribution in [-0.4, -0.2) is 54.9 Å². The Kier molecular flexibility index (Phi) is 10.3. The molecule has 28 heavy (non-hydrogen) atoms. The summed E-state index contributed by atoms with van der Waals surface area (Å²) in [6, 6.07) is 6.50. The molecule has 1 aromatic rings. The van der Waals surface area contributed by atoms with Gasteiger partial charge in [0.25, 0.3) is 0 Å². The standard InChI is InChI=1S/C19H28N4O4.ClH/c20-10-8-17(24)22-13-15-3-1-2-11-23(15)18(25)9-12-27-16-6-4-14(5-7-16)19(21)26;/h4-7,15H,1-3,8-13,20H2,(H2,21,26)(H,22,24);1H. The number of hydrogen-bond donors (Lipinski definition) is 3. The van der Waals surface area contributed by atoms with Crippen molar-refractivity contribution in [2.24, 2.45) is 11.5 Å². The highest BCUT2D eigenvalue weighted by molar-refractivity contribution is 5.92. The number of nitrogens with zero attached hydrogens (tertiary/aromatic N) is 1. The lowest BCUT2D eigenvalue weighted by atomic mass is 10.0. The molecule has 5 N–H and O–H groups in total. The van der Waals surface area contributed by atoms with Crippen molar-refractivity contribution in [1.82, 2.24) is 10.2 Å². The summed E-state index contributed by atoms with van der Waals surface area (Å²) >= 11 is 0. The number of likely N-dealkylation sites (tertiary alicyclic amines) is 1. The summed E-state index contributed by atoms with van der Waals surface area (Å²) in [5.41, 5.74) is 11.0. The van der Waals surface area contributed by atoms with Crippen LogP contribution in [0.2, 0.25) is 0 Å². The summed E-state index contributed by atoms with van der Waals surface area (Å²) in [5.74, 6) is 0.0169. The van der Waals surface area contributed by atoms with Crippen LogP contribution < -0.4 is 21.5 Å². The van der Waals surface area contributed by atoms with Gasteiger partial charge >= 0.3 is 0 Å². The van der Waals surface area contributed by atoms with Gasteiger partial charge in [0.2, 0.25) is 17.7 Å². The number of halogens is 1. The van der Waals surface area contributed by atoms with Crippen LogP contribution in [0.3, 0.4) is 0 Å². The normalized spacial score (nSPS) is 16.0. The first-order valence-electron chi connectivity index (χ1n) is 9.30. The molecule has 8 nitrogen and oxygen atoms in total. The van der Waals surface area contributed by atoms with Crippen molar-refractivity contribution in [2.75, 3.05) is 26.2 Å². The molecule has 9 heteroatoms. The van der Waals surface area contributed by atoms with Gasteiger partial charge < -0.3 is 26.4 Å². The quantitative estimate of drug-likeness (QED) is 0.553. The Balaban J connectivity index is 0.00000392. The molecule has 0 saturated carbocycles. The van der Waals surface area contributed by atoms with Crippen molar-refractivity contribution < 1.29 is 19.1 Å². The number of primary amides is 1. The molecule has 1 unspecified atom stereocenters. The van der Waals surface area contributed by atoms with Crippen molar-refractivity contribution >= 4 is 30.1 Å². The number of ether oxygens (including phenoxy) is 1. The first kappa shape index (κ1) is 23.7. The number of nitrogens with one attached hydrogen (secondary N) is 1. The van der Waals surface area contributed by atoms with Crippen LogP contribution in [0.4, 0.5) is 0 Å². The lowest BCUT2D eigenvalue weighted by Crippen LogP contribution is -2.49. The van der Waals surface area contributed by atoms with Crippen LogP contribution in [0.5, 0.6) is 5.75 Å². The Bertz CT molecular complexity index is 654. The summed E-state index contributed by atoms with van der Waals surface area (Å²) in [6.07, 6.45) is 3.44. The smallest absolute Gasteiger partial charge is 0.248 e. The minimum absolute atomic E-state index is 0. The van der Waals surface area contributed by atoms with Crippen LogP contribution in [0.15, 0.2) is 24.3 Å². The van der Waals surface area contributed by atoms with Gasteiger partial charge in [-0.05, 0) is 43.5 Å². The van der Waals surface area contributed by atoms with Gasteiger partial charge in [-0.3, -0.25) is 14.4 Å². The predicted molar refractivity (Wildman–Crippen MR) is 108 cm³/mol. The average Bonchev–Trinajstić information content (AvgIpc) is 2.67. The summed E-state index contributed by atoms with van der Waals surface area (Å²) in [7, 11) is 0. The van der Waals surface area contributed by atoms with E-state index in [4.69, 9.17) is 16.2 Å². The van der Waals surface area contributed by atoms with Crippen LogP contribution in [-0.2, 0) is 9.59 Å². The van der Waals surface area contributed by atoms with Gasteiger partial charge in [0.05, 0.1) is 13.0 Å². The number of carbonyl (C=O) groups excluding carboxylic acids is 3. The Morgan fingerprint density at radius 1 is 1.14 bits per heavy atom. The van der Waals surface area contributed by atoms with Crippen LogP contribution >= 0.6 is 12.4 Å². The Morgan fingerprint density at radius 3 is 2.50 bits per heavy atom. The lowest BCUT2D eigenvalue weighted by molar-refractivity contribution is -0.136. The third-order valence-corrected chi connectivity index (χ3v) is 4.58. The van der Waals surface area contributed by atoms with Gasteiger partial charge in [-0.2, -0.15) is 0 Å². The molecule has 0 bridgehead atoms. The first-order valence-corrected chi connectivity index (χ1v) is 9.30. The van der Waals surface area contributed by atoms with E-state index in [-0.39, 0.29) is 43.3 Å². The van der Waals surface area contributed by atoms with Crippen LogP contribution in [0, 0.1) is 0 Å². The average molecular weight is 413 g/mol. The van der Waals surface area contributed by atoms with Gasteiger partial charge in [0, 0.05) is 37.7 Å². The number of amides is 3. The number of nitrogens with two attached hydrogens (primary N) is 2. The molecule has 0 aliphatic carbocycles. The second kappa shape index (κ2) is 12.2. The molecule has 0 radical (unpaired) electrons. The highest BCUT2D eigenvalue weighted by Crippen LogP contribution is 2.18. The fourth-order valence-electron chi connectivity index (χ4n) is 3.11. The maximum Gasteiger partial charge on any atom is 0.248 e. The summed E-state index contributed by atoms with van der Waals surface area (Å²) in [5, 5.41) is 2.85. The zero-order chi connectivity index (χ0) is 19.6. The number of hydrogen-bond acceptors (Lipinski definition) is 5. The Hall–Kier alpha value is -2.32. The van der Waals surface area contributed by atoms with E-state index in [1.54, 1.807) is 24.3 Å². The van der Waals surface area contributed by atoms with Gasteiger partial charge in [-0.15, -0.1) is 12.4 Å². The second-order valence-corrected chi connectivity index (χ2v) is 6.57. The first-order chi connectivity index (χ1) is 13.0.